The molecule has 0 unspecified atom stereocenters. The molecule has 0 spiro atoms. The molecule has 0 aliphatic heterocycles. The molecule has 1 aliphatic rings. The van der Waals surface area contributed by atoms with Gasteiger partial charge in [0.2, 0.25) is 11.7 Å². The smallest absolute Gasteiger partial charge is 0.407 e. The van der Waals surface area contributed by atoms with Gasteiger partial charge in [-0.2, -0.15) is 0 Å². The number of hydrogen-bond acceptors (Lipinski definition) is 7. The Balaban J connectivity index is 1.49. The summed E-state index contributed by atoms with van der Waals surface area (Å²) in [7, 11) is 0. The predicted octanol–water partition coefficient (Wildman–Crippen LogP) is 4.62. The van der Waals surface area contributed by atoms with Crippen molar-refractivity contribution in [2.75, 3.05) is 6.61 Å². The lowest BCUT2D eigenvalue weighted by Gasteiger charge is -2.26. The lowest BCUT2D eigenvalue weighted by Crippen LogP contribution is -2.53. The third-order valence-electron chi connectivity index (χ3n) is 7.13. The van der Waals surface area contributed by atoms with Crippen LogP contribution in [0.3, 0.4) is 0 Å². The van der Waals surface area contributed by atoms with E-state index in [2.05, 4.69) is 15.4 Å². The van der Waals surface area contributed by atoms with Crippen molar-refractivity contribution in [1.82, 2.24) is 10.6 Å². The minimum absolute atomic E-state index is 0.0692. The molecule has 10 nitrogen and oxygen atoms in total. The second-order valence-electron chi connectivity index (χ2n) is 11.6. The molecular weight excluding hydrogens is 560 g/mol. The van der Waals surface area contributed by atoms with E-state index in [-0.39, 0.29) is 31.8 Å². The standard InChI is InChI=1S/C34H36N4O6/c1-34(2,3)44-32(41)29(18-17-23(39)20-36-35)37-31(40)30(19-22-11-5-4-6-12-22)38-33(42)43-21-28-26-15-9-7-13-24(26)25-14-8-10-16-27(25)28/h4-16,20,28-30,35H,17-19,21H2,1-3H3,(H-,37,38,40,42)/p+1/t29-,30-/m0/s1. The highest BCUT2D eigenvalue weighted by molar-refractivity contribution is 6.25. The van der Waals surface area contributed by atoms with Crippen LogP contribution in [0.2, 0.25) is 0 Å². The lowest BCUT2D eigenvalue weighted by molar-refractivity contribution is -0.159. The maximum Gasteiger partial charge on any atom is 0.407 e. The van der Waals surface area contributed by atoms with E-state index in [4.69, 9.17) is 15.0 Å². The summed E-state index contributed by atoms with van der Waals surface area (Å²) in [6, 6.07) is 22.8. The number of esters is 1. The summed E-state index contributed by atoms with van der Waals surface area (Å²) in [5, 5.41) is 5.34. The Kier molecular flexibility index (Phi) is 10.4. The average molecular weight is 598 g/mol. The SMILES string of the molecule is CC(C)(C)OC(=O)[C@H](CCC(=O)C=[N+]=N)NC(=O)[C@H](Cc1ccccc1)NC(=O)OCC1c2ccccc2-c2ccccc21. The fourth-order valence-electron chi connectivity index (χ4n) is 5.16. The second-order valence-corrected chi connectivity index (χ2v) is 11.6. The van der Waals surface area contributed by atoms with Gasteiger partial charge in [-0.1, -0.05) is 78.9 Å². The van der Waals surface area contributed by atoms with Gasteiger partial charge in [0.15, 0.2) is 0 Å². The summed E-state index contributed by atoms with van der Waals surface area (Å²) in [6.07, 6.45) is -0.0316. The summed E-state index contributed by atoms with van der Waals surface area (Å²) >= 11 is 0. The van der Waals surface area contributed by atoms with Crippen LogP contribution in [-0.2, 0) is 30.3 Å². The predicted molar refractivity (Wildman–Crippen MR) is 163 cm³/mol. The molecule has 2 amide bonds. The summed E-state index contributed by atoms with van der Waals surface area (Å²) < 4.78 is 11.2. The molecule has 10 heteroatoms. The Morgan fingerprint density at radius 3 is 2.05 bits per heavy atom. The van der Waals surface area contributed by atoms with Crippen LogP contribution in [0.4, 0.5) is 4.79 Å². The maximum atomic E-state index is 13.6. The number of carbonyl (C=O) groups excluding carboxylic acids is 4. The molecule has 3 N–H and O–H groups in total. The summed E-state index contributed by atoms with van der Waals surface area (Å²) in [5.41, 5.74) is 11.1. The molecular formula is C34H37N4O6+. The first kappa shape index (κ1) is 31.8. The van der Waals surface area contributed by atoms with Crippen molar-refractivity contribution in [3.05, 3.63) is 95.6 Å². The van der Waals surface area contributed by atoms with Gasteiger partial charge in [0.25, 0.3) is 0 Å². The second kappa shape index (κ2) is 14.4. The van der Waals surface area contributed by atoms with Crippen molar-refractivity contribution in [1.29, 1.82) is 5.53 Å². The quantitative estimate of drug-likeness (QED) is 0.120. The highest BCUT2D eigenvalue weighted by Crippen LogP contribution is 2.44. The van der Waals surface area contributed by atoms with Crippen molar-refractivity contribution in [3.63, 3.8) is 0 Å². The first-order valence-corrected chi connectivity index (χ1v) is 14.5. The van der Waals surface area contributed by atoms with Gasteiger partial charge < -0.3 is 20.1 Å². The number of fused-ring (bicyclic) bond motifs is 3. The zero-order valence-electron chi connectivity index (χ0n) is 25.0. The fourth-order valence-corrected chi connectivity index (χ4v) is 5.16. The van der Waals surface area contributed by atoms with E-state index in [1.54, 1.807) is 20.8 Å². The van der Waals surface area contributed by atoms with Crippen LogP contribution in [0.5, 0.6) is 0 Å². The molecule has 0 heterocycles. The molecule has 0 saturated heterocycles. The van der Waals surface area contributed by atoms with Gasteiger partial charge in [0.1, 0.15) is 24.3 Å². The van der Waals surface area contributed by atoms with E-state index in [9.17, 15) is 19.2 Å². The Bertz CT molecular complexity index is 1510. The zero-order valence-corrected chi connectivity index (χ0v) is 25.0. The van der Waals surface area contributed by atoms with Crippen molar-refractivity contribution in [2.45, 2.75) is 63.6 Å². The van der Waals surface area contributed by atoms with Gasteiger partial charge in [-0.15, -0.1) is 0 Å². The molecule has 44 heavy (non-hydrogen) atoms. The number of amides is 2. The van der Waals surface area contributed by atoms with Crippen LogP contribution in [0.25, 0.3) is 11.1 Å². The molecule has 0 bridgehead atoms. The number of alkyl carbamates (subject to hydrolysis) is 1. The van der Waals surface area contributed by atoms with Crippen molar-refractivity contribution < 1.29 is 33.4 Å². The number of nitrogens with zero attached hydrogens (tertiary/aromatic N) is 1. The monoisotopic (exact) mass is 597 g/mol. The van der Waals surface area contributed by atoms with Crippen molar-refractivity contribution in [2.24, 2.45) is 0 Å². The summed E-state index contributed by atoms with van der Waals surface area (Å²) in [6.45, 7) is 5.15. The molecule has 0 aromatic heterocycles. The third kappa shape index (κ3) is 8.49. The van der Waals surface area contributed by atoms with E-state index < -0.39 is 41.4 Å². The molecule has 3 aromatic rings. The minimum Gasteiger partial charge on any atom is -0.458 e. The van der Waals surface area contributed by atoms with Gasteiger partial charge in [-0.3, -0.25) is 9.59 Å². The number of hydrogen-bond donors (Lipinski definition) is 3. The molecule has 228 valence electrons. The first-order valence-electron chi connectivity index (χ1n) is 14.5. The van der Waals surface area contributed by atoms with E-state index >= 15 is 0 Å². The van der Waals surface area contributed by atoms with E-state index in [0.717, 1.165) is 34.0 Å². The van der Waals surface area contributed by atoms with Gasteiger partial charge in [0.05, 0.1) is 10.3 Å². The van der Waals surface area contributed by atoms with Crippen molar-refractivity contribution >= 4 is 30.0 Å². The van der Waals surface area contributed by atoms with Crippen LogP contribution >= 0.6 is 0 Å². The van der Waals surface area contributed by atoms with E-state index in [1.807, 2.05) is 78.9 Å². The number of ketones is 1. The molecule has 0 radical (unpaired) electrons. The Labute approximate surface area is 256 Å². The molecule has 4 rings (SSSR count). The molecule has 0 fully saturated rings. The highest BCUT2D eigenvalue weighted by atomic mass is 16.6. The normalized spacial score (nSPS) is 13.3. The number of nitrogens with one attached hydrogen (secondary N) is 3. The van der Waals surface area contributed by atoms with Gasteiger partial charge >= 0.3 is 18.3 Å². The lowest BCUT2D eigenvalue weighted by atomic mass is 9.98. The average Bonchev–Trinajstić information content (AvgIpc) is 3.31. The molecule has 1 aliphatic carbocycles. The largest absolute Gasteiger partial charge is 0.458 e. The zero-order chi connectivity index (χ0) is 31.7. The van der Waals surface area contributed by atoms with Crippen LogP contribution in [0, 0.1) is 5.53 Å². The minimum atomic E-state index is -1.17. The number of ether oxygens (including phenoxy) is 2. The van der Waals surface area contributed by atoms with Crippen molar-refractivity contribution in [3.8, 4) is 11.1 Å². The molecule has 3 aromatic carbocycles. The molecule has 0 saturated carbocycles. The fraction of sp³-hybridized carbons (Fsp3) is 0.324. The van der Waals surface area contributed by atoms with Crippen LogP contribution in [0.1, 0.15) is 56.2 Å². The van der Waals surface area contributed by atoms with E-state index in [0.29, 0.717) is 0 Å². The highest BCUT2D eigenvalue weighted by Gasteiger charge is 2.32. The Morgan fingerprint density at radius 1 is 0.864 bits per heavy atom. The summed E-state index contributed by atoms with van der Waals surface area (Å²) in [5.74, 6) is -1.99. The third-order valence-corrected chi connectivity index (χ3v) is 7.13. The van der Waals surface area contributed by atoms with Gasteiger partial charge in [-0.05, 0) is 55.0 Å². The first-order chi connectivity index (χ1) is 21.1. The van der Waals surface area contributed by atoms with Gasteiger partial charge in [-0.25, -0.2) is 9.59 Å². The number of Topliss-reactive ketones (excluding diaryl/α,β-unsaturated/α-hetero) is 1. The van der Waals surface area contributed by atoms with Gasteiger partial charge in [0, 0.05) is 18.8 Å². The Morgan fingerprint density at radius 2 is 1.45 bits per heavy atom. The molecule has 2 atom stereocenters. The maximum absolute atomic E-state index is 13.6. The van der Waals surface area contributed by atoms with Crippen LogP contribution < -0.4 is 10.6 Å². The van der Waals surface area contributed by atoms with Crippen LogP contribution in [-0.4, -0.2) is 59.0 Å². The topological polar surface area (TPSA) is 149 Å². The number of rotatable bonds is 12. The number of carbonyl (C=O) groups is 4. The summed E-state index contributed by atoms with van der Waals surface area (Å²) in [4.78, 5) is 54.7. The Hall–Kier alpha value is -5.08. The number of benzene rings is 3. The van der Waals surface area contributed by atoms with Crippen LogP contribution in [0.15, 0.2) is 78.9 Å². The van der Waals surface area contributed by atoms with E-state index in [1.165, 1.54) is 0 Å².